The maximum atomic E-state index is 12.8. The van der Waals surface area contributed by atoms with E-state index in [4.69, 9.17) is 5.73 Å². The first-order valence-electron chi connectivity index (χ1n) is 8.26. The van der Waals surface area contributed by atoms with Crippen LogP contribution in [0.3, 0.4) is 0 Å². The van der Waals surface area contributed by atoms with Crippen molar-refractivity contribution < 1.29 is 9.59 Å². The van der Waals surface area contributed by atoms with Gasteiger partial charge in [-0.05, 0) is 48.7 Å². The van der Waals surface area contributed by atoms with Crippen molar-refractivity contribution in [2.75, 3.05) is 17.2 Å². The third-order valence-electron chi connectivity index (χ3n) is 4.23. The Balaban J connectivity index is 1.77. The summed E-state index contributed by atoms with van der Waals surface area (Å²) in [7, 11) is 0. The third kappa shape index (κ3) is 3.57. The Bertz CT molecular complexity index is 910. The molecule has 0 saturated heterocycles. The van der Waals surface area contributed by atoms with E-state index in [2.05, 4.69) is 5.32 Å². The maximum Gasteiger partial charge on any atom is 0.270 e. The summed E-state index contributed by atoms with van der Waals surface area (Å²) in [6.07, 6.45) is 2.90. The van der Waals surface area contributed by atoms with E-state index in [1.165, 1.54) is 0 Å². The molecule has 0 aromatic heterocycles. The van der Waals surface area contributed by atoms with Crippen LogP contribution >= 0.6 is 0 Å². The molecule has 0 bridgehead atoms. The number of hydrogen-bond donors (Lipinski definition) is 2. The monoisotopic (exact) mass is 346 g/mol. The van der Waals surface area contributed by atoms with Crippen LogP contribution in [0.25, 0.3) is 0 Å². The Morgan fingerprint density at radius 2 is 1.88 bits per heavy atom. The van der Waals surface area contributed by atoms with Gasteiger partial charge in [0.15, 0.2) is 0 Å². The molecule has 130 valence electrons. The molecule has 0 spiro atoms. The van der Waals surface area contributed by atoms with Gasteiger partial charge in [0.25, 0.3) is 11.8 Å². The highest BCUT2D eigenvalue weighted by atomic mass is 16.2. The second kappa shape index (κ2) is 7.53. The lowest BCUT2D eigenvalue weighted by molar-refractivity contribution is -0.114. The fraction of sp³-hybridized carbons (Fsp3) is 0.150. The van der Waals surface area contributed by atoms with Crippen LogP contribution in [0, 0.1) is 11.3 Å². The van der Waals surface area contributed by atoms with Gasteiger partial charge in [0.05, 0.1) is 0 Å². The average molecular weight is 346 g/mol. The number of para-hydroxylation sites is 1. The van der Waals surface area contributed by atoms with Crippen LogP contribution in [-0.4, -0.2) is 18.4 Å². The van der Waals surface area contributed by atoms with Gasteiger partial charge in [-0.25, -0.2) is 0 Å². The number of aryl methyl sites for hydroxylation is 1. The van der Waals surface area contributed by atoms with Crippen LogP contribution in [-0.2, 0) is 11.2 Å². The minimum atomic E-state index is -0.419. The predicted octanol–water partition coefficient (Wildman–Crippen LogP) is 2.39. The van der Waals surface area contributed by atoms with Crippen LogP contribution in [0.4, 0.5) is 11.4 Å². The van der Waals surface area contributed by atoms with Gasteiger partial charge < -0.3 is 16.0 Å². The number of carbonyl (C=O) groups excluding carboxylic acids is 2. The van der Waals surface area contributed by atoms with Gasteiger partial charge in [-0.3, -0.25) is 9.59 Å². The smallest absolute Gasteiger partial charge is 0.270 e. The van der Waals surface area contributed by atoms with Crippen molar-refractivity contribution >= 4 is 23.2 Å². The van der Waals surface area contributed by atoms with Crippen LogP contribution in [0.5, 0.6) is 0 Å². The Hall–Kier alpha value is -3.59. The van der Waals surface area contributed by atoms with Gasteiger partial charge in [0, 0.05) is 29.7 Å². The number of rotatable bonds is 3. The van der Waals surface area contributed by atoms with Crippen molar-refractivity contribution in [3.8, 4) is 6.07 Å². The van der Waals surface area contributed by atoms with E-state index < -0.39 is 11.8 Å². The fourth-order valence-electron chi connectivity index (χ4n) is 2.89. The van der Waals surface area contributed by atoms with Gasteiger partial charge in [-0.15, -0.1) is 0 Å². The molecule has 3 rings (SSSR count). The quantitative estimate of drug-likeness (QED) is 0.506. The summed E-state index contributed by atoms with van der Waals surface area (Å²) in [5.74, 6) is -0.832. The molecule has 1 heterocycles. The van der Waals surface area contributed by atoms with Crippen LogP contribution in [0.15, 0.2) is 60.3 Å². The molecule has 6 heteroatoms. The molecule has 0 atom stereocenters. The van der Waals surface area contributed by atoms with E-state index in [9.17, 15) is 14.9 Å². The minimum Gasteiger partial charge on any atom is -0.399 e. The SMILES string of the molecule is N#C/C(=C/NC(=O)c1ccc(N)cc1)C(=O)N1CCCc2ccccc21. The molecule has 0 unspecified atom stereocenters. The number of nitrogens with two attached hydrogens (primary N) is 1. The zero-order chi connectivity index (χ0) is 18.5. The predicted molar refractivity (Wildman–Crippen MR) is 99.1 cm³/mol. The third-order valence-corrected chi connectivity index (χ3v) is 4.23. The molecule has 0 radical (unpaired) electrons. The summed E-state index contributed by atoms with van der Waals surface area (Å²) < 4.78 is 0. The molecular formula is C20H18N4O2. The number of amides is 2. The largest absolute Gasteiger partial charge is 0.399 e. The molecule has 3 N–H and O–H groups in total. The Kier molecular flexibility index (Phi) is 4.99. The highest BCUT2D eigenvalue weighted by Gasteiger charge is 2.25. The number of hydrogen-bond acceptors (Lipinski definition) is 4. The van der Waals surface area contributed by atoms with Crippen molar-refractivity contribution in [1.82, 2.24) is 5.32 Å². The Morgan fingerprint density at radius 1 is 1.15 bits per heavy atom. The highest BCUT2D eigenvalue weighted by Crippen LogP contribution is 2.27. The number of nitrogens with one attached hydrogen (secondary N) is 1. The molecule has 6 nitrogen and oxygen atoms in total. The number of fused-ring (bicyclic) bond motifs is 1. The van der Waals surface area contributed by atoms with E-state index in [1.807, 2.05) is 30.3 Å². The van der Waals surface area contributed by atoms with Crippen molar-refractivity contribution in [1.29, 1.82) is 5.26 Å². The van der Waals surface area contributed by atoms with Crippen molar-refractivity contribution in [3.63, 3.8) is 0 Å². The maximum absolute atomic E-state index is 12.8. The summed E-state index contributed by atoms with van der Waals surface area (Å²) in [5.41, 5.74) is 8.31. The van der Waals surface area contributed by atoms with Crippen LogP contribution in [0.2, 0.25) is 0 Å². The standard InChI is InChI=1S/C20H18N4O2/c21-12-16(13-23-19(25)15-7-9-17(22)10-8-15)20(26)24-11-3-5-14-4-1-2-6-18(14)24/h1-2,4,6-10,13H,3,5,11,22H2,(H,23,25)/b16-13-. The van der Waals surface area contributed by atoms with Crippen molar-refractivity contribution in [3.05, 3.63) is 71.4 Å². The van der Waals surface area contributed by atoms with Gasteiger partial charge >= 0.3 is 0 Å². The number of anilines is 2. The summed E-state index contributed by atoms with van der Waals surface area (Å²) in [5, 5.41) is 11.9. The van der Waals surface area contributed by atoms with E-state index in [1.54, 1.807) is 29.2 Å². The summed E-state index contributed by atoms with van der Waals surface area (Å²) in [4.78, 5) is 26.5. The summed E-state index contributed by atoms with van der Waals surface area (Å²) >= 11 is 0. The molecular weight excluding hydrogens is 328 g/mol. The van der Waals surface area contributed by atoms with Crippen molar-refractivity contribution in [2.45, 2.75) is 12.8 Å². The zero-order valence-corrected chi connectivity index (χ0v) is 14.1. The summed E-state index contributed by atoms with van der Waals surface area (Å²) in [6.45, 7) is 0.542. The first-order valence-corrected chi connectivity index (χ1v) is 8.26. The van der Waals surface area contributed by atoms with Crippen LogP contribution < -0.4 is 16.0 Å². The molecule has 26 heavy (non-hydrogen) atoms. The molecule has 0 saturated carbocycles. The molecule has 2 aromatic rings. The lowest BCUT2D eigenvalue weighted by Gasteiger charge is -2.29. The molecule has 1 aliphatic rings. The number of carbonyl (C=O) groups is 2. The molecule has 2 aromatic carbocycles. The second-order valence-corrected chi connectivity index (χ2v) is 5.95. The fourth-order valence-corrected chi connectivity index (χ4v) is 2.89. The Morgan fingerprint density at radius 3 is 2.62 bits per heavy atom. The number of nitriles is 1. The van der Waals surface area contributed by atoms with Gasteiger partial charge in [-0.2, -0.15) is 5.26 Å². The topological polar surface area (TPSA) is 99.2 Å². The summed E-state index contributed by atoms with van der Waals surface area (Å²) in [6, 6.07) is 15.9. The highest BCUT2D eigenvalue weighted by molar-refractivity contribution is 6.09. The number of nitrogens with zero attached hydrogens (tertiary/aromatic N) is 2. The van der Waals surface area contributed by atoms with E-state index >= 15 is 0 Å². The lowest BCUT2D eigenvalue weighted by atomic mass is 10.0. The van der Waals surface area contributed by atoms with Crippen molar-refractivity contribution in [2.24, 2.45) is 0 Å². The zero-order valence-electron chi connectivity index (χ0n) is 14.1. The van der Waals surface area contributed by atoms with E-state index in [-0.39, 0.29) is 5.57 Å². The molecule has 0 fully saturated rings. The van der Waals surface area contributed by atoms with Gasteiger partial charge in [0.2, 0.25) is 0 Å². The van der Waals surface area contributed by atoms with Gasteiger partial charge in [-0.1, -0.05) is 18.2 Å². The van der Waals surface area contributed by atoms with Gasteiger partial charge in [0.1, 0.15) is 11.6 Å². The van der Waals surface area contributed by atoms with E-state index in [0.717, 1.165) is 30.3 Å². The molecule has 2 amide bonds. The normalized spacial score (nSPS) is 13.5. The first-order chi connectivity index (χ1) is 12.6. The number of benzene rings is 2. The first kappa shape index (κ1) is 17.2. The minimum absolute atomic E-state index is 0.120. The average Bonchev–Trinajstić information content (AvgIpc) is 2.68. The van der Waals surface area contributed by atoms with Crippen LogP contribution in [0.1, 0.15) is 22.3 Å². The second-order valence-electron chi connectivity index (χ2n) is 5.95. The Labute approximate surface area is 151 Å². The molecule has 1 aliphatic heterocycles. The lowest BCUT2D eigenvalue weighted by Crippen LogP contribution is -2.36. The number of nitrogen functional groups attached to an aromatic ring is 1. The van der Waals surface area contributed by atoms with E-state index in [0.29, 0.717) is 17.8 Å². The molecule has 0 aliphatic carbocycles.